The smallest absolute Gasteiger partial charge is 0.339 e. The SMILES string of the molecule is CCCOC(=O)c1ccc(N2COc3c(cc4c(C)c(C)c(=O)oc4c3C)C2)cc1. The standard InChI is InChI=1S/C24H25NO5/c1-5-10-28-24(27)17-6-8-19(9-7-17)25-12-18-11-20-14(2)15(3)23(26)30-22(20)16(4)21(18)29-13-25/h6-9,11H,5,10,12-13H2,1-4H3. The number of carbonyl (C=O) groups excluding carboxylic acids is 1. The van der Waals surface area contributed by atoms with Crippen LogP contribution in [0.4, 0.5) is 5.69 Å². The molecule has 0 saturated carbocycles. The van der Waals surface area contributed by atoms with Crippen LogP contribution in [0.1, 0.15) is 46.0 Å². The minimum atomic E-state index is -0.307. The zero-order chi connectivity index (χ0) is 21.4. The van der Waals surface area contributed by atoms with E-state index in [9.17, 15) is 9.59 Å². The molecule has 4 rings (SSSR count). The summed E-state index contributed by atoms with van der Waals surface area (Å²) in [6.07, 6.45) is 0.796. The molecule has 0 fully saturated rings. The number of carbonyl (C=O) groups is 1. The lowest BCUT2D eigenvalue weighted by Crippen LogP contribution is -2.32. The molecule has 0 aliphatic carbocycles. The molecule has 0 radical (unpaired) electrons. The van der Waals surface area contributed by atoms with Crippen molar-refractivity contribution >= 4 is 22.6 Å². The Labute approximate surface area is 175 Å². The molecule has 1 aliphatic rings. The second-order valence-electron chi connectivity index (χ2n) is 7.66. The summed E-state index contributed by atoms with van der Waals surface area (Å²) in [6, 6.07) is 9.40. The fourth-order valence-corrected chi connectivity index (χ4v) is 3.75. The normalized spacial score (nSPS) is 13.1. The highest BCUT2D eigenvalue weighted by Gasteiger charge is 2.23. The second kappa shape index (κ2) is 7.86. The number of hydrogen-bond acceptors (Lipinski definition) is 6. The Morgan fingerprint density at radius 2 is 1.83 bits per heavy atom. The maximum absolute atomic E-state index is 12.1. The van der Waals surface area contributed by atoms with E-state index in [0.29, 0.717) is 36.6 Å². The van der Waals surface area contributed by atoms with Gasteiger partial charge in [-0.15, -0.1) is 0 Å². The van der Waals surface area contributed by atoms with Gasteiger partial charge in [0.05, 0.1) is 12.2 Å². The van der Waals surface area contributed by atoms with Crippen molar-refractivity contribution in [3.05, 3.63) is 68.6 Å². The van der Waals surface area contributed by atoms with Gasteiger partial charge in [0, 0.05) is 34.3 Å². The molecule has 0 amide bonds. The molecule has 0 bridgehead atoms. The van der Waals surface area contributed by atoms with Crippen LogP contribution in [-0.4, -0.2) is 19.3 Å². The van der Waals surface area contributed by atoms with Gasteiger partial charge in [-0.1, -0.05) is 6.92 Å². The number of rotatable bonds is 4. The molecule has 2 aromatic carbocycles. The molecule has 1 aliphatic heterocycles. The highest BCUT2D eigenvalue weighted by molar-refractivity contribution is 5.90. The second-order valence-corrected chi connectivity index (χ2v) is 7.66. The minimum Gasteiger partial charge on any atom is -0.472 e. The quantitative estimate of drug-likeness (QED) is 0.464. The van der Waals surface area contributed by atoms with E-state index in [-0.39, 0.29) is 11.6 Å². The molecule has 6 heteroatoms. The number of hydrogen-bond donors (Lipinski definition) is 0. The van der Waals surface area contributed by atoms with Crippen LogP contribution in [0, 0.1) is 20.8 Å². The van der Waals surface area contributed by atoms with E-state index in [1.54, 1.807) is 19.1 Å². The molecule has 0 N–H and O–H groups in total. The molecule has 1 aromatic heterocycles. The van der Waals surface area contributed by atoms with Crippen LogP contribution >= 0.6 is 0 Å². The van der Waals surface area contributed by atoms with Crippen LogP contribution in [0.5, 0.6) is 5.75 Å². The Balaban J connectivity index is 1.64. The van der Waals surface area contributed by atoms with Gasteiger partial charge in [0.1, 0.15) is 11.3 Å². The van der Waals surface area contributed by atoms with Gasteiger partial charge < -0.3 is 18.8 Å². The van der Waals surface area contributed by atoms with Crippen LogP contribution in [0.3, 0.4) is 0 Å². The van der Waals surface area contributed by atoms with E-state index in [1.807, 2.05) is 39.0 Å². The molecular weight excluding hydrogens is 382 g/mol. The number of fused-ring (bicyclic) bond motifs is 2. The van der Waals surface area contributed by atoms with Gasteiger partial charge in [-0.3, -0.25) is 0 Å². The lowest BCUT2D eigenvalue weighted by molar-refractivity contribution is 0.0505. The number of esters is 1. The Morgan fingerprint density at radius 1 is 1.10 bits per heavy atom. The van der Waals surface area contributed by atoms with Gasteiger partial charge in [0.2, 0.25) is 0 Å². The third-order valence-electron chi connectivity index (χ3n) is 5.63. The predicted molar refractivity (Wildman–Crippen MR) is 115 cm³/mol. The number of ether oxygens (including phenoxy) is 2. The average Bonchev–Trinajstić information content (AvgIpc) is 2.77. The van der Waals surface area contributed by atoms with Crippen molar-refractivity contribution in [1.29, 1.82) is 0 Å². The molecule has 0 saturated heterocycles. The monoisotopic (exact) mass is 407 g/mol. The first kappa shape index (κ1) is 20.0. The summed E-state index contributed by atoms with van der Waals surface area (Å²) in [7, 11) is 0. The molecule has 30 heavy (non-hydrogen) atoms. The molecule has 6 nitrogen and oxygen atoms in total. The Hall–Kier alpha value is -3.28. The van der Waals surface area contributed by atoms with E-state index in [2.05, 4.69) is 4.90 Å². The first-order valence-corrected chi connectivity index (χ1v) is 10.1. The first-order valence-electron chi connectivity index (χ1n) is 10.1. The van der Waals surface area contributed by atoms with E-state index < -0.39 is 0 Å². The van der Waals surface area contributed by atoms with Crippen LogP contribution < -0.4 is 15.3 Å². The molecule has 0 spiro atoms. The van der Waals surface area contributed by atoms with E-state index in [1.165, 1.54) is 0 Å². The lowest BCUT2D eigenvalue weighted by atomic mass is 9.99. The Bertz CT molecular complexity index is 1180. The summed E-state index contributed by atoms with van der Waals surface area (Å²) in [4.78, 5) is 26.2. The van der Waals surface area contributed by atoms with Gasteiger partial charge in [0.15, 0.2) is 6.73 Å². The zero-order valence-corrected chi connectivity index (χ0v) is 17.7. The van der Waals surface area contributed by atoms with E-state index in [4.69, 9.17) is 13.9 Å². The van der Waals surface area contributed by atoms with Crippen LogP contribution in [0.2, 0.25) is 0 Å². The zero-order valence-electron chi connectivity index (χ0n) is 17.7. The lowest BCUT2D eigenvalue weighted by Gasteiger charge is -2.32. The van der Waals surface area contributed by atoms with Crippen LogP contribution in [0.25, 0.3) is 11.0 Å². The highest BCUT2D eigenvalue weighted by Crippen LogP contribution is 2.37. The third kappa shape index (κ3) is 3.43. The van der Waals surface area contributed by atoms with Crippen molar-refractivity contribution < 1.29 is 18.7 Å². The van der Waals surface area contributed by atoms with Crippen molar-refractivity contribution in [2.75, 3.05) is 18.2 Å². The molecule has 156 valence electrons. The van der Waals surface area contributed by atoms with Gasteiger partial charge in [-0.2, -0.15) is 0 Å². The first-order chi connectivity index (χ1) is 14.4. The largest absolute Gasteiger partial charge is 0.472 e. The van der Waals surface area contributed by atoms with Gasteiger partial charge in [-0.25, -0.2) is 9.59 Å². The Kier molecular flexibility index (Phi) is 5.24. The number of nitrogens with zero attached hydrogens (tertiary/aromatic N) is 1. The van der Waals surface area contributed by atoms with Gasteiger partial charge in [0.25, 0.3) is 0 Å². The molecule has 0 unspecified atom stereocenters. The Morgan fingerprint density at radius 3 is 2.53 bits per heavy atom. The van der Waals surface area contributed by atoms with Gasteiger partial charge >= 0.3 is 11.6 Å². The summed E-state index contributed by atoms with van der Waals surface area (Å²) in [5.41, 5.74) is 5.21. The van der Waals surface area contributed by atoms with Crippen molar-refractivity contribution in [2.24, 2.45) is 0 Å². The summed E-state index contributed by atoms with van der Waals surface area (Å²) < 4.78 is 16.8. The summed E-state index contributed by atoms with van der Waals surface area (Å²) >= 11 is 0. The highest BCUT2D eigenvalue weighted by atomic mass is 16.5. The van der Waals surface area contributed by atoms with Crippen LogP contribution in [-0.2, 0) is 11.3 Å². The molecule has 0 atom stereocenters. The minimum absolute atomic E-state index is 0.307. The number of anilines is 1. The fourth-order valence-electron chi connectivity index (χ4n) is 3.75. The average molecular weight is 407 g/mol. The summed E-state index contributed by atoms with van der Waals surface area (Å²) in [6.45, 7) is 9.06. The van der Waals surface area contributed by atoms with Crippen molar-refractivity contribution in [2.45, 2.75) is 40.7 Å². The van der Waals surface area contributed by atoms with Crippen molar-refractivity contribution in [1.82, 2.24) is 0 Å². The number of aryl methyl sites for hydroxylation is 2. The topological polar surface area (TPSA) is 69.0 Å². The molecular formula is C24H25NO5. The molecule has 2 heterocycles. The molecule has 3 aromatic rings. The maximum Gasteiger partial charge on any atom is 0.339 e. The van der Waals surface area contributed by atoms with Crippen LogP contribution in [0.15, 0.2) is 39.5 Å². The predicted octanol–water partition coefficient (Wildman–Crippen LogP) is 4.64. The maximum atomic E-state index is 12.1. The van der Waals surface area contributed by atoms with E-state index >= 15 is 0 Å². The number of benzene rings is 2. The third-order valence-corrected chi connectivity index (χ3v) is 5.63. The summed E-state index contributed by atoms with van der Waals surface area (Å²) in [5, 5.41) is 0.933. The van der Waals surface area contributed by atoms with Crippen molar-refractivity contribution in [3.8, 4) is 5.75 Å². The van der Waals surface area contributed by atoms with Gasteiger partial charge in [-0.05, 0) is 63.1 Å². The van der Waals surface area contributed by atoms with Crippen molar-refractivity contribution in [3.63, 3.8) is 0 Å². The fraction of sp³-hybridized carbons (Fsp3) is 0.333. The summed E-state index contributed by atoms with van der Waals surface area (Å²) in [5.74, 6) is 0.461. The van der Waals surface area contributed by atoms with E-state index in [0.717, 1.165) is 39.9 Å².